The van der Waals surface area contributed by atoms with Crippen LogP contribution in [0.15, 0.2) is 42.5 Å². The maximum atomic E-state index is 13.0. The topological polar surface area (TPSA) is 106 Å². The molecular formula is C26H22Cl2N2O6. The minimum absolute atomic E-state index is 0.0431. The van der Waals surface area contributed by atoms with Crippen molar-refractivity contribution in [3.8, 4) is 11.1 Å². The Labute approximate surface area is 217 Å². The number of benzene rings is 2. The zero-order valence-electron chi connectivity index (χ0n) is 19.7. The highest BCUT2D eigenvalue weighted by Crippen LogP contribution is 2.42. The molecule has 2 aromatic carbocycles. The lowest BCUT2D eigenvalue weighted by molar-refractivity contribution is -0.0985. The molecule has 4 rings (SSSR count). The number of carbonyl (C=O) groups is 3. The number of esters is 1. The van der Waals surface area contributed by atoms with Crippen LogP contribution in [0.25, 0.3) is 11.1 Å². The number of aromatic nitrogens is 1. The van der Waals surface area contributed by atoms with Crippen molar-refractivity contribution in [1.82, 2.24) is 9.88 Å². The van der Waals surface area contributed by atoms with E-state index in [-0.39, 0.29) is 62.4 Å². The van der Waals surface area contributed by atoms with Gasteiger partial charge in [-0.25, -0.2) is 4.79 Å². The van der Waals surface area contributed by atoms with E-state index in [1.807, 2.05) is 0 Å². The summed E-state index contributed by atoms with van der Waals surface area (Å²) in [6.45, 7) is 3.11. The number of amides is 2. The first-order chi connectivity index (χ1) is 17.2. The van der Waals surface area contributed by atoms with Crippen molar-refractivity contribution < 1.29 is 29.0 Å². The molecule has 8 nitrogen and oxygen atoms in total. The summed E-state index contributed by atoms with van der Waals surface area (Å²) in [6, 6.07) is 11.3. The van der Waals surface area contributed by atoms with Gasteiger partial charge in [-0.3, -0.25) is 19.5 Å². The number of aliphatic hydroxyl groups excluding tert-OH is 1. The number of carbonyl (C=O) groups excluding carboxylic acids is 3. The number of halogens is 2. The molecule has 1 aromatic heterocycles. The first kappa shape index (κ1) is 25.8. The van der Waals surface area contributed by atoms with Crippen molar-refractivity contribution in [3.05, 3.63) is 86.2 Å². The third kappa shape index (κ3) is 4.37. The van der Waals surface area contributed by atoms with Gasteiger partial charge in [-0.05, 0) is 32.0 Å². The summed E-state index contributed by atoms with van der Waals surface area (Å²) >= 11 is 12.8. The summed E-state index contributed by atoms with van der Waals surface area (Å²) in [6.07, 6.45) is -1.57. The van der Waals surface area contributed by atoms with Crippen molar-refractivity contribution in [3.63, 3.8) is 0 Å². The van der Waals surface area contributed by atoms with Gasteiger partial charge >= 0.3 is 5.97 Å². The molecule has 1 aliphatic heterocycles. The average Bonchev–Trinajstić information content (AvgIpc) is 3.10. The van der Waals surface area contributed by atoms with Gasteiger partial charge in [-0.15, -0.1) is 0 Å². The smallest absolute Gasteiger partial charge is 0.340 e. The van der Waals surface area contributed by atoms with Crippen molar-refractivity contribution in [2.45, 2.75) is 26.7 Å². The maximum absolute atomic E-state index is 13.0. The molecule has 10 heteroatoms. The molecule has 1 unspecified atom stereocenters. The summed E-state index contributed by atoms with van der Waals surface area (Å²) in [5.74, 6) is -1.71. The summed E-state index contributed by atoms with van der Waals surface area (Å²) < 4.78 is 10.5. The molecule has 0 fully saturated rings. The summed E-state index contributed by atoms with van der Waals surface area (Å²) in [7, 11) is 1.22. The van der Waals surface area contributed by atoms with Crippen molar-refractivity contribution in [2.24, 2.45) is 0 Å². The fourth-order valence-corrected chi connectivity index (χ4v) is 4.66. The highest BCUT2D eigenvalue weighted by molar-refractivity contribution is 6.43. The number of hydrogen-bond acceptors (Lipinski definition) is 7. The SMILES string of the molecule is CCOC(O)c1c(CN2C(=O)c3ccccc3C2=O)nc(C)c(C(=O)OC)c1-c1cccc(Cl)c1Cl. The normalized spacial score (nSPS) is 13.7. The van der Waals surface area contributed by atoms with Crippen LogP contribution in [-0.4, -0.2) is 46.5 Å². The minimum Gasteiger partial charge on any atom is -0.465 e. The molecule has 0 radical (unpaired) electrons. The Hall–Kier alpha value is -3.30. The second-order valence-electron chi connectivity index (χ2n) is 7.95. The zero-order chi connectivity index (χ0) is 26.1. The molecule has 2 amide bonds. The van der Waals surface area contributed by atoms with E-state index in [2.05, 4.69) is 4.98 Å². The number of rotatable bonds is 7. The number of hydrogen-bond donors (Lipinski definition) is 1. The molecule has 0 spiro atoms. The predicted molar refractivity (Wildman–Crippen MR) is 133 cm³/mol. The molecular weight excluding hydrogens is 507 g/mol. The van der Waals surface area contributed by atoms with Gasteiger partial charge in [0.2, 0.25) is 0 Å². The highest BCUT2D eigenvalue weighted by Gasteiger charge is 2.37. The van der Waals surface area contributed by atoms with Gasteiger partial charge < -0.3 is 14.6 Å². The zero-order valence-corrected chi connectivity index (χ0v) is 21.2. The maximum Gasteiger partial charge on any atom is 0.340 e. The fraction of sp³-hybridized carbons (Fsp3) is 0.231. The van der Waals surface area contributed by atoms with Gasteiger partial charge in [0.25, 0.3) is 11.8 Å². The number of methoxy groups -OCH3 is 1. The molecule has 1 aliphatic rings. The molecule has 186 valence electrons. The Morgan fingerprint density at radius 3 is 2.25 bits per heavy atom. The highest BCUT2D eigenvalue weighted by atomic mass is 35.5. The Bertz CT molecular complexity index is 1360. The number of pyridine rings is 1. The third-order valence-electron chi connectivity index (χ3n) is 5.86. The van der Waals surface area contributed by atoms with Crippen LogP contribution in [0.3, 0.4) is 0 Å². The molecule has 1 N–H and O–H groups in total. The van der Waals surface area contributed by atoms with Crippen LogP contribution in [0.4, 0.5) is 0 Å². The number of aryl methyl sites for hydroxylation is 1. The molecule has 36 heavy (non-hydrogen) atoms. The molecule has 3 aromatic rings. The summed E-state index contributed by atoms with van der Waals surface area (Å²) in [4.78, 5) is 44.5. The number of nitrogens with zero attached hydrogens (tertiary/aromatic N) is 2. The number of fused-ring (bicyclic) bond motifs is 1. The Balaban J connectivity index is 1.99. The lowest BCUT2D eigenvalue weighted by Crippen LogP contribution is -2.31. The Morgan fingerprint density at radius 1 is 1.06 bits per heavy atom. The first-order valence-corrected chi connectivity index (χ1v) is 11.8. The van der Waals surface area contributed by atoms with E-state index in [1.54, 1.807) is 56.3 Å². The second-order valence-corrected chi connectivity index (χ2v) is 8.74. The Kier molecular flexibility index (Phi) is 7.42. The van der Waals surface area contributed by atoms with Gasteiger partial charge in [0.05, 0.1) is 51.8 Å². The molecule has 0 bridgehead atoms. The van der Waals surface area contributed by atoms with Crippen molar-refractivity contribution in [1.29, 1.82) is 0 Å². The van der Waals surface area contributed by atoms with Crippen LogP contribution in [0.1, 0.15) is 61.2 Å². The van der Waals surface area contributed by atoms with Crippen LogP contribution >= 0.6 is 23.2 Å². The Morgan fingerprint density at radius 2 is 1.67 bits per heavy atom. The summed E-state index contributed by atoms with van der Waals surface area (Å²) in [5, 5.41) is 11.4. The van der Waals surface area contributed by atoms with Gasteiger partial charge in [0.1, 0.15) is 0 Å². The van der Waals surface area contributed by atoms with E-state index < -0.39 is 24.1 Å². The quantitative estimate of drug-likeness (QED) is 0.262. The van der Waals surface area contributed by atoms with Gasteiger partial charge in [0, 0.05) is 23.3 Å². The van der Waals surface area contributed by atoms with E-state index in [1.165, 1.54) is 7.11 Å². The molecule has 0 saturated carbocycles. The third-order valence-corrected chi connectivity index (χ3v) is 6.68. The van der Waals surface area contributed by atoms with Crippen LogP contribution < -0.4 is 0 Å². The van der Waals surface area contributed by atoms with E-state index >= 15 is 0 Å². The van der Waals surface area contributed by atoms with Crippen LogP contribution in [0.5, 0.6) is 0 Å². The van der Waals surface area contributed by atoms with E-state index in [4.69, 9.17) is 32.7 Å². The number of ether oxygens (including phenoxy) is 2. The van der Waals surface area contributed by atoms with E-state index in [0.29, 0.717) is 5.56 Å². The van der Waals surface area contributed by atoms with Crippen LogP contribution in [0, 0.1) is 6.92 Å². The van der Waals surface area contributed by atoms with E-state index in [0.717, 1.165) is 4.90 Å². The van der Waals surface area contributed by atoms with E-state index in [9.17, 15) is 19.5 Å². The molecule has 1 atom stereocenters. The lowest BCUT2D eigenvalue weighted by atomic mass is 9.91. The lowest BCUT2D eigenvalue weighted by Gasteiger charge is -2.25. The molecule has 0 saturated heterocycles. The average molecular weight is 529 g/mol. The predicted octanol–water partition coefficient (Wildman–Crippen LogP) is 4.97. The van der Waals surface area contributed by atoms with Crippen molar-refractivity contribution in [2.75, 3.05) is 13.7 Å². The first-order valence-electron chi connectivity index (χ1n) is 11.0. The van der Waals surface area contributed by atoms with Gasteiger partial charge in [0.15, 0.2) is 6.29 Å². The van der Waals surface area contributed by atoms with Crippen LogP contribution in [-0.2, 0) is 16.0 Å². The fourth-order valence-electron chi connectivity index (χ4n) is 4.27. The minimum atomic E-state index is -1.57. The molecule has 2 heterocycles. The summed E-state index contributed by atoms with van der Waals surface area (Å²) in [5.41, 5.74) is 1.58. The number of aliphatic hydroxyl groups is 1. The van der Waals surface area contributed by atoms with Crippen molar-refractivity contribution >= 4 is 41.0 Å². The second kappa shape index (κ2) is 10.4. The monoisotopic (exact) mass is 528 g/mol. The molecule has 0 aliphatic carbocycles. The number of imide groups is 1. The van der Waals surface area contributed by atoms with Crippen LogP contribution in [0.2, 0.25) is 10.0 Å². The largest absolute Gasteiger partial charge is 0.465 e. The standard InChI is InChI=1S/C26H22Cl2N2O6/c1-4-36-26(34)21-18(12-30-23(31)14-8-5-6-9-15(14)24(30)32)29-13(2)19(25(33)35-3)20(21)16-10-7-11-17(27)22(16)28/h5-11,26,34H,4,12H2,1-3H3. The van der Waals surface area contributed by atoms with Gasteiger partial charge in [-0.1, -0.05) is 47.5 Å². The van der Waals surface area contributed by atoms with Gasteiger partial charge in [-0.2, -0.15) is 0 Å².